The molecule has 0 aliphatic rings. The van der Waals surface area contributed by atoms with Gasteiger partial charge >= 0.3 is 0 Å². The van der Waals surface area contributed by atoms with Gasteiger partial charge in [-0.1, -0.05) is 30.3 Å². The van der Waals surface area contributed by atoms with Crippen molar-refractivity contribution in [2.75, 3.05) is 6.54 Å². The Morgan fingerprint density at radius 1 is 1.12 bits per heavy atom. The monoisotopic (exact) mass is 321 g/mol. The highest BCUT2D eigenvalue weighted by Crippen LogP contribution is 2.17. The molecular formula is C19H19N3O2. The van der Waals surface area contributed by atoms with E-state index in [1.54, 1.807) is 18.5 Å². The van der Waals surface area contributed by atoms with Gasteiger partial charge in [0.1, 0.15) is 0 Å². The van der Waals surface area contributed by atoms with Crippen LogP contribution in [0.5, 0.6) is 0 Å². The van der Waals surface area contributed by atoms with Crippen molar-refractivity contribution in [3.05, 3.63) is 77.6 Å². The third kappa shape index (κ3) is 3.42. The van der Waals surface area contributed by atoms with Crippen molar-refractivity contribution < 1.29 is 9.90 Å². The van der Waals surface area contributed by atoms with Crippen LogP contribution in [-0.4, -0.2) is 22.5 Å². The SMILES string of the molecule is NC[C@@H](NC(=O)c1ccc2cnccc2c1)c1ccc(CO)cc1. The second-order valence-electron chi connectivity index (χ2n) is 5.60. The second-order valence-corrected chi connectivity index (χ2v) is 5.60. The molecule has 4 N–H and O–H groups in total. The highest BCUT2D eigenvalue weighted by atomic mass is 16.3. The fourth-order valence-electron chi connectivity index (χ4n) is 2.60. The van der Waals surface area contributed by atoms with E-state index in [0.29, 0.717) is 12.1 Å². The first kappa shape index (κ1) is 16.1. The molecule has 1 heterocycles. The Labute approximate surface area is 140 Å². The number of amides is 1. The zero-order chi connectivity index (χ0) is 16.9. The maximum Gasteiger partial charge on any atom is 0.251 e. The molecule has 0 saturated heterocycles. The van der Waals surface area contributed by atoms with Crippen LogP contribution in [0.25, 0.3) is 10.8 Å². The number of nitrogens with one attached hydrogen (secondary N) is 1. The predicted molar refractivity (Wildman–Crippen MR) is 93.4 cm³/mol. The third-order valence-corrected chi connectivity index (χ3v) is 4.01. The molecule has 24 heavy (non-hydrogen) atoms. The van der Waals surface area contributed by atoms with Crippen LogP contribution in [0.15, 0.2) is 60.9 Å². The van der Waals surface area contributed by atoms with Gasteiger partial charge in [-0.15, -0.1) is 0 Å². The Balaban J connectivity index is 1.79. The van der Waals surface area contributed by atoms with E-state index in [-0.39, 0.29) is 18.6 Å². The average molecular weight is 321 g/mol. The molecule has 0 unspecified atom stereocenters. The molecule has 3 rings (SSSR count). The Hall–Kier alpha value is -2.76. The molecule has 0 aliphatic heterocycles. The number of benzene rings is 2. The predicted octanol–water partition coefficient (Wildman–Crippen LogP) is 2.16. The molecule has 0 aliphatic carbocycles. The molecule has 0 saturated carbocycles. The molecule has 1 aromatic heterocycles. The smallest absolute Gasteiger partial charge is 0.251 e. The number of rotatable bonds is 5. The minimum absolute atomic E-state index is 0.00806. The second kappa shape index (κ2) is 7.21. The Kier molecular flexibility index (Phi) is 4.84. The highest BCUT2D eigenvalue weighted by molar-refractivity contribution is 5.98. The first-order valence-electron chi connectivity index (χ1n) is 7.75. The van der Waals surface area contributed by atoms with E-state index in [1.165, 1.54) is 0 Å². The number of carbonyl (C=O) groups excluding carboxylic acids is 1. The lowest BCUT2D eigenvalue weighted by atomic mass is 10.0. The van der Waals surface area contributed by atoms with Gasteiger partial charge < -0.3 is 16.2 Å². The summed E-state index contributed by atoms with van der Waals surface area (Å²) in [5.74, 6) is -0.171. The number of nitrogens with two attached hydrogens (primary N) is 1. The maximum absolute atomic E-state index is 12.5. The Bertz CT molecular complexity index is 847. The van der Waals surface area contributed by atoms with Gasteiger partial charge in [-0.25, -0.2) is 0 Å². The van der Waals surface area contributed by atoms with Crippen molar-refractivity contribution in [2.45, 2.75) is 12.6 Å². The van der Waals surface area contributed by atoms with Crippen LogP contribution in [0.2, 0.25) is 0 Å². The summed E-state index contributed by atoms with van der Waals surface area (Å²) in [5, 5.41) is 14.0. The number of nitrogens with zero attached hydrogens (tertiary/aromatic N) is 1. The largest absolute Gasteiger partial charge is 0.392 e. The quantitative estimate of drug-likeness (QED) is 0.672. The summed E-state index contributed by atoms with van der Waals surface area (Å²) in [6.07, 6.45) is 3.47. The van der Waals surface area contributed by atoms with Gasteiger partial charge in [0.15, 0.2) is 0 Å². The molecule has 5 nitrogen and oxygen atoms in total. The van der Waals surface area contributed by atoms with Crippen molar-refractivity contribution in [2.24, 2.45) is 5.73 Å². The van der Waals surface area contributed by atoms with Crippen molar-refractivity contribution in [1.29, 1.82) is 0 Å². The van der Waals surface area contributed by atoms with Crippen molar-refractivity contribution in [3.8, 4) is 0 Å². The summed E-state index contributed by atoms with van der Waals surface area (Å²) < 4.78 is 0. The van der Waals surface area contributed by atoms with E-state index in [0.717, 1.165) is 21.9 Å². The molecule has 5 heteroatoms. The summed E-state index contributed by atoms with van der Waals surface area (Å²) in [4.78, 5) is 16.6. The first-order valence-corrected chi connectivity index (χ1v) is 7.75. The topological polar surface area (TPSA) is 88.2 Å². The van der Waals surface area contributed by atoms with Crippen LogP contribution in [0, 0.1) is 0 Å². The van der Waals surface area contributed by atoms with Gasteiger partial charge in [0.05, 0.1) is 12.6 Å². The van der Waals surface area contributed by atoms with Gasteiger partial charge in [-0.3, -0.25) is 9.78 Å². The van der Waals surface area contributed by atoms with Crippen LogP contribution in [0.1, 0.15) is 27.5 Å². The summed E-state index contributed by atoms with van der Waals surface area (Å²) in [6, 6.07) is 14.5. The first-order chi connectivity index (χ1) is 11.7. The average Bonchev–Trinajstić information content (AvgIpc) is 2.65. The highest BCUT2D eigenvalue weighted by Gasteiger charge is 2.14. The molecule has 2 aromatic carbocycles. The van der Waals surface area contributed by atoms with Gasteiger partial charge in [0.25, 0.3) is 5.91 Å². The van der Waals surface area contributed by atoms with Crippen molar-refractivity contribution in [3.63, 3.8) is 0 Å². The molecule has 1 atom stereocenters. The Morgan fingerprint density at radius 3 is 2.62 bits per heavy atom. The Morgan fingerprint density at radius 2 is 1.92 bits per heavy atom. The van der Waals surface area contributed by atoms with Gasteiger partial charge in [-0.05, 0) is 34.7 Å². The fraction of sp³-hybridized carbons (Fsp3) is 0.158. The van der Waals surface area contributed by atoms with E-state index >= 15 is 0 Å². The van der Waals surface area contributed by atoms with E-state index in [2.05, 4.69) is 10.3 Å². The van der Waals surface area contributed by atoms with E-state index in [1.807, 2.05) is 42.5 Å². The van der Waals surface area contributed by atoms with Crippen LogP contribution in [0.4, 0.5) is 0 Å². The molecular weight excluding hydrogens is 302 g/mol. The molecule has 1 amide bonds. The van der Waals surface area contributed by atoms with E-state index in [4.69, 9.17) is 10.8 Å². The number of hydrogen-bond donors (Lipinski definition) is 3. The molecule has 0 bridgehead atoms. The number of fused-ring (bicyclic) bond motifs is 1. The number of hydrogen-bond acceptors (Lipinski definition) is 4. The molecule has 0 fully saturated rings. The lowest BCUT2D eigenvalue weighted by Crippen LogP contribution is -2.33. The standard InChI is InChI=1S/C19H19N3O2/c20-10-18(14-3-1-13(12-23)2-4-14)22-19(24)16-5-6-17-11-21-8-7-15(17)9-16/h1-9,11,18,23H,10,12,20H2,(H,22,24)/t18-/m1/s1. The number of aliphatic hydroxyl groups excluding tert-OH is 1. The number of aliphatic hydroxyl groups is 1. The minimum atomic E-state index is -0.279. The lowest BCUT2D eigenvalue weighted by molar-refractivity contribution is 0.0938. The van der Waals surface area contributed by atoms with Gasteiger partial charge in [0, 0.05) is 29.9 Å². The van der Waals surface area contributed by atoms with Gasteiger partial charge in [0.2, 0.25) is 0 Å². The van der Waals surface area contributed by atoms with Crippen LogP contribution in [-0.2, 0) is 6.61 Å². The van der Waals surface area contributed by atoms with Crippen molar-refractivity contribution in [1.82, 2.24) is 10.3 Å². The molecule has 0 spiro atoms. The zero-order valence-electron chi connectivity index (χ0n) is 13.1. The van der Waals surface area contributed by atoms with Crippen LogP contribution in [0.3, 0.4) is 0 Å². The molecule has 0 radical (unpaired) electrons. The number of aromatic nitrogens is 1. The molecule has 3 aromatic rings. The van der Waals surface area contributed by atoms with E-state index < -0.39 is 0 Å². The zero-order valence-corrected chi connectivity index (χ0v) is 13.1. The summed E-state index contributed by atoms with van der Waals surface area (Å²) in [7, 11) is 0. The normalized spacial score (nSPS) is 12.1. The van der Waals surface area contributed by atoms with Crippen LogP contribution >= 0.6 is 0 Å². The maximum atomic E-state index is 12.5. The molecule has 122 valence electrons. The lowest BCUT2D eigenvalue weighted by Gasteiger charge is -2.18. The number of carbonyl (C=O) groups is 1. The van der Waals surface area contributed by atoms with Crippen molar-refractivity contribution >= 4 is 16.7 Å². The van der Waals surface area contributed by atoms with Crippen LogP contribution < -0.4 is 11.1 Å². The fourth-order valence-corrected chi connectivity index (χ4v) is 2.60. The third-order valence-electron chi connectivity index (χ3n) is 4.01. The summed E-state index contributed by atoms with van der Waals surface area (Å²) in [5.41, 5.74) is 8.14. The minimum Gasteiger partial charge on any atom is -0.392 e. The van der Waals surface area contributed by atoms with Gasteiger partial charge in [-0.2, -0.15) is 0 Å². The number of pyridine rings is 1. The summed E-state index contributed by atoms with van der Waals surface area (Å²) >= 11 is 0. The van der Waals surface area contributed by atoms with E-state index in [9.17, 15) is 4.79 Å². The summed E-state index contributed by atoms with van der Waals surface area (Å²) in [6.45, 7) is 0.285.